The molecule has 0 spiro atoms. The van der Waals surface area contributed by atoms with E-state index in [0.717, 1.165) is 11.1 Å². The van der Waals surface area contributed by atoms with Crippen LogP contribution in [0.15, 0.2) is 35.2 Å². The molecular weight excluding hydrogens is 453 g/mol. The van der Waals surface area contributed by atoms with Crippen LogP contribution in [0.4, 0.5) is 24.5 Å². The number of carboxylic acids is 2. The monoisotopic (exact) mass is 476 g/mol. The molecule has 0 saturated heterocycles. The minimum absolute atomic E-state index is 0.0296. The molecule has 2 aromatic carbocycles. The number of sulfonamides is 1. The predicted octanol–water partition coefficient (Wildman–Crippen LogP) is 3.81. The third-order valence-corrected chi connectivity index (χ3v) is 5.81. The first kappa shape index (κ1) is 26.8. The van der Waals surface area contributed by atoms with Gasteiger partial charge in [0.2, 0.25) is 0 Å². The van der Waals surface area contributed by atoms with Gasteiger partial charge in [-0.2, -0.15) is 13.2 Å². The van der Waals surface area contributed by atoms with Crippen molar-refractivity contribution in [3.8, 4) is 0 Å². The standard InChI is InChI=1S/C18H22N2O4S.C2HF3O2/c1-11-8-13(3)17(9-12(11)2)25(23,24)19-14-6-7-16(20(4)5)15(10-14)18(21)22;3-2(4,5)1(6)7/h6-10,19H,1-5H3,(H,21,22);(H,6,7). The van der Waals surface area contributed by atoms with Gasteiger partial charge < -0.3 is 15.1 Å². The molecule has 3 N–H and O–H groups in total. The van der Waals surface area contributed by atoms with Crippen LogP contribution >= 0.6 is 0 Å². The van der Waals surface area contributed by atoms with Gasteiger partial charge in [0.1, 0.15) is 0 Å². The zero-order chi connectivity index (χ0) is 25.0. The summed E-state index contributed by atoms with van der Waals surface area (Å²) in [6.45, 7) is 5.51. The van der Waals surface area contributed by atoms with E-state index in [4.69, 9.17) is 9.90 Å². The lowest BCUT2D eigenvalue weighted by Crippen LogP contribution is -2.21. The van der Waals surface area contributed by atoms with Crippen LogP contribution in [0, 0.1) is 20.8 Å². The molecule has 0 aliphatic heterocycles. The first-order valence-corrected chi connectivity index (χ1v) is 10.4. The highest BCUT2D eigenvalue weighted by Gasteiger charge is 2.38. The van der Waals surface area contributed by atoms with Gasteiger partial charge in [-0.05, 0) is 61.7 Å². The Balaban J connectivity index is 0.000000633. The summed E-state index contributed by atoms with van der Waals surface area (Å²) in [6, 6.07) is 7.90. The number of nitrogens with one attached hydrogen (secondary N) is 1. The number of aromatic carboxylic acids is 1. The van der Waals surface area contributed by atoms with Crippen molar-refractivity contribution in [2.75, 3.05) is 23.7 Å². The molecule has 176 valence electrons. The van der Waals surface area contributed by atoms with Gasteiger partial charge in [-0.25, -0.2) is 18.0 Å². The number of benzene rings is 2. The van der Waals surface area contributed by atoms with E-state index in [-0.39, 0.29) is 16.1 Å². The van der Waals surface area contributed by atoms with Crippen LogP contribution in [0.3, 0.4) is 0 Å². The summed E-state index contributed by atoms with van der Waals surface area (Å²) < 4.78 is 59.6. The summed E-state index contributed by atoms with van der Waals surface area (Å²) in [6.07, 6.45) is -5.08. The SMILES string of the molecule is Cc1cc(C)c(S(=O)(=O)Nc2ccc(N(C)C)c(C(=O)O)c2)cc1C.O=C(O)C(F)(F)F. The highest BCUT2D eigenvalue weighted by Crippen LogP contribution is 2.26. The van der Waals surface area contributed by atoms with E-state index in [1.165, 1.54) is 6.07 Å². The summed E-state index contributed by atoms with van der Waals surface area (Å²) in [7, 11) is -0.363. The molecule has 0 atom stereocenters. The van der Waals surface area contributed by atoms with Crippen molar-refractivity contribution in [3.05, 3.63) is 52.6 Å². The molecule has 2 rings (SSSR count). The van der Waals surface area contributed by atoms with Gasteiger partial charge in [0.15, 0.2) is 0 Å². The molecule has 0 bridgehead atoms. The van der Waals surface area contributed by atoms with Gasteiger partial charge in [0.25, 0.3) is 10.0 Å². The van der Waals surface area contributed by atoms with Crippen molar-refractivity contribution in [2.24, 2.45) is 0 Å². The van der Waals surface area contributed by atoms with Crippen LogP contribution in [0.5, 0.6) is 0 Å². The van der Waals surface area contributed by atoms with Crippen molar-refractivity contribution < 1.29 is 41.4 Å². The lowest BCUT2D eigenvalue weighted by molar-refractivity contribution is -0.192. The molecular formula is C20H23F3N2O6S. The Morgan fingerprint density at radius 2 is 1.44 bits per heavy atom. The Morgan fingerprint density at radius 3 is 1.88 bits per heavy atom. The van der Waals surface area contributed by atoms with Crippen LogP contribution in [0.1, 0.15) is 27.0 Å². The highest BCUT2D eigenvalue weighted by molar-refractivity contribution is 7.92. The minimum Gasteiger partial charge on any atom is -0.478 e. The van der Waals surface area contributed by atoms with Crippen LogP contribution in [-0.4, -0.2) is 50.8 Å². The van der Waals surface area contributed by atoms with E-state index in [1.54, 1.807) is 44.1 Å². The number of alkyl halides is 3. The van der Waals surface area contributed by atoms with E-state index in [0.29, 0.717) is 11.3 Å². The maximum absolute atomic E-state index is 12.7. The fourth-order valence-electron chi connectivity index (χ4n) is 2.59. The Hall–Kier alpha value is -3.28. The maximum Gasteiger partial charge on any atom is 0.490 e. The smallest absolute Gasteiger partial charge is 0.478 e. The number of hydrogen-bond acceptors (Lipinski definition) is 5. The largest absolute Gasteiger partial charge is 0.490 e. The zero-order valence-electron chi connectivity index (χ0n) is 17.9. The van der Waals surface area contributed by atoms with Gasteiger partial charge in [-0.15, -0.1) is 0 Å². The van der Waals surface area contributed by atoms with E-state index < -0.39 is 28.1 Å². The lowest BCUT2D eigenvalue weighted by Gasteiger charge is -2.17. The molecule has 0 heterocycles. The second-order valence-corrected chi connectivity index (χ2v) is 8.69. The number of rotatable bonds is 5. The van der Waals surface area contributed by atoms with Crippen LogP contribution in [0.2, 0.25) is 0 Å². The van der Waals surface area contributed by atoms with Crippen LogP contribution in [0.25, 0.3) is 0 Å². The molecule has 0 aliphatic carbocycles. The summed E-state index contributed by atoms with van der Waals surface area (Å²) in [5, 5.41) is 16.5. The molecule has 0 aromatic heterocycles. The average Bonchev–Trinajstić information content (AvgIpc) is 2.63. The molecule has 0 saturated carbocycles. The number of aliphatic carboxylic acids is 1. The molecule has 0 unspecified atom stereocenters. The van der Waals surface area contributed by atoms with Gasteiger partial charge in [-0.3, -0.25) is 4.72 Å². The van der Waals surface area contributed by atoms with Crippen LogP contribution < -0.4 is 9.62 Å². The summed E-state index contributed by atoms with van der Waals surface area (Å²) in [4.78, 5) is 22.2. The number of anilines is 2. The molecule has 32 heavy (non-hydrogen) atoms. The van der Waals surface area contributed by atoms with Crippen molar-refractivity contribution in [3.63, 3.8) is 0 Å². The van der Waals surface area contributed by atoms with Gasteiger partial charge >= 0.3 is 18.1 Å². The Bertz CT molecular complexity index is 1130. The third kappa shape index (κ3) is 6.87. The second-order valence-electron chi connectivity index (χ2n) is 7.04. The lowest BCUT2D eigenvalue weighted by atomic mass is 10.1. The van der Waals surface area contributed by atoms with Gasteiger partial charge in [-0.1, -0.05) is 6.07 Å². The second kappa shape index (κ2) is 9.90. The van der Waals surface area contributed by atoms with Gasteiger partial charge in [0.05, 0.1) is 16.1 Å². The van der Waals surface area contributed by atoms with Crippen LogP contribution in [-0.2, 0) is 14.8 Å². The minimum atomic E-state index is -5.08. The Labute approximate surface area is 183 Å². The molecule has 0 fully saturated rings. The first-order chi connectivity index (χ1) is 14.5. The average molecular weight is 476 g/mol. The number of carbonyl (C=O) groups is 2. The number of carboxylic acid groups (broad SMARTS) is 2. The normalized spacial score (nSPS) is 11.2. The molecule has 8 nitrogen and oxygen atoms in total. The fraction of sp³-hybridized carbons (Fsp3) is 0.300. The number of aryl methyl sites for hydroxylation is 3. The summed E-state index contributed by atoms with van der Waals surface area (Å²) in [5.41, 5.74) is 3.26. The maximum atomic E-state index is 12.7. The Kier molecular flexibility index (Phi) is 8.27. The quantitative estimate of drug-likeness (QED) is 0.599. The highest BCUT2D eigenvalue weighted by atomic mass is 32.2. The summed E-state index contributed by atoms with van der Waals surface area (Å²) in [5.74, 6) is -3.88. The Morgan fingerprint density at radius 1 is 0.938 bits per heavy atom. The number of halogens is 3. The van der Waals surface area contributed by atoms with E-state index in [2.05, 4.69) is 4.72 Å². The van der Waals surface area contributed by atoms with Crippen molar-refractivity contribution in [1.29, 1.82) is 0 Å². The topological polar surface area (TPSA) is 124 Å². The molecule has 0 radical (unpaired) electrons. The zero-order valence-corrected chi connectivity index (χ0v) is 18.7. The van der Waals surface area contributed by atoms with Crippen molar-refractivity contribution in [2.45, 2.75) is 31.8 Å². The predicted molar refractivity (Wildman–Crippen MR) is 113 cm³/mol. The van der Waals surface area contributed by atoms with E-state index in [9.17, 15) is 31.5 Å². The van der Waals surface area contributed by atoms with E-state index >= 15 is 0 Å². The molecule has 0 aliphatic rings. The molecule has 0 amide bonds. The fourth-order valence-corrected chi connectivity index (χ4v) is 3.96. The number of hydrogen-bond donors (Lipinski definition) is 3. The molecule has 2 aromatic rings. The van der Waals surface area contributed by atoms with E-state index in [1.807, 2.05) is 19.9 Å². The first-order valence-electron chi connectivity index (χ1n) is 8.92. The van der Waals surface area contributed by atoms with Crippen molar-refractivity contribution in [1.82, 2.24) is 0 Å². The van der Waals surface area contributed by atoms with Gasteiger partial charge in [0, 0.05) is 19.8 Å². The number of nitrogens with zero attached hydrogens (tertiary/aromatic N) is 1. The van der Waals surface area contributed by atoms with Crippen molar-refractivity contribution >= 4 is 33.3 Å². The third-order valence-electron chi connectivity index (χ3n) is 4.28. The summed E-state index contributed by atoms with van der Waals surface area (Å²) >= 11 is 0. The molecule has 12 heteroatoms.